The van der Waals surface area contributed by atoms with E-state index in [2.05, 4.69) is 39.7 Å². The summed E-state index contributed by atoms with van der Waals surface area (Å²) in [6.07, 6.45) is 4.12. The van der Waals surface area contributed by atoms with Crippen molar-refractivity contribution >= 4 is 12.1 Å². The number of furan rings is 1. The molecule has 0 aliphatic carbocycles. The average molecular weight is 359 g/mol. The zero-order chi connectivity index (χ0) is 18.5. The molecule has 0 unspecified atom stereocenters. The smallest absolute Gasteiger partial charge is 0.271 e. The van der Waals surface area contributed by atoms with Crippen molar-refractivity contribution in [2.75, 3.05) is 6.54 Å². The summed E-state index contributed by atoms with van der Waals surface area (Å²) < 4.78 is 5.13. The van der Waals surface area contributed by atoms with Gasteiger partial charge in [-0.1, -0.05) is 36.4 Å². The Kier molecular flexibility index (Phi) is 5.12. The van der Waals surface area contributed by atoms with E-state index in [1.54, 1.807) is 18.4 Å². The lowest BCUT2D eigenvalue weighted by molar-refractivity contribution is 0.0955. The highest BCUT2D eigenvalue weighted by Gasteiger charge is 2.15. The second-order valence-corrected chi connectivity index (χ2v) is 6.64. The van der Waals surface area contributed by atoms with Gasteiger partial charge in [-0.25, -0.2) is 5.43 Å². The molecule has 1 aliphatic heterocycles. The summed E-state index contributed by atoms with van der Waals surface area (Å²) in [5.41, 5.74) is 7.16. The van der Waals surface area contributed by atoms with Crippen LogP contribution in [0.2, 0.25) is 0 Å². The molecule has 0 bridgehead atoms. The molecule has 136 valence electrons. The molecule has 0 saturated heterocycles. The Morgan fingerprint density at radius 2 is 1.89 bits per heavy atom. The maximum absolute atomic E-state index is 12.1. The number of hydrazone groups is 1. The number of fused-ring (bicyclic) bond motifs is 1. The fourth-order valence-electron chi connectivity index (χ4n) is 3.29. The maximum Gasteiger partial charge on any atom is 0.271 e. The lowest BCUT2D eigenvalue weighted by Crippen LogP contribution is -2.30. The van der Waals surface area contributed by atoms with Crippen molar-refractivity contribution in [3.63, 3.8) is 0 Å². The molecule has 1 N–H and O–H groups in total. The minimum Gasteiger partial charge on any atom is -0.463 e. The molecule has 3 aromatic rings. The molecule has 1 aliphatic rings. The number of carbonyl (C=O) groups excluding carboxylic acids is 1. The van der Waals surface area contributed by atoms with Crippen molar-refractivity contribution < 1.29 is 9.21 Å². The molecular formula is C22H21N3O2. The van der Waals surface area contributed by atoms with Gasteiger partial charge in [0.25, 0.3) is 5.91 Å². The summed E-state index contributed by atoms with van der Waals surface area (Å²) in [6.45, 7) is 2.91. The lowest BCUT2D eigenvalue weighted by Gasteiger charge is -2.28. The predicted molar refractivity (Wildman–Crippen MR) is 104 cm³/mol. The highest BCUT2D eigenvalue weighted by atomic mass is 16.3. The van der Waals surface area contributed by atoms with Crippen LogP contribution >= 0.6 is 0 Å². The van der Waals surface area contributed by atoms with Gasteiger partial charge in [-0.2, -0.15) is 5.10 Å². The van der Waals surface area contributed by atoms with Gasteiger partial charge >= 0.3 is 0 Å². The molecule has 0 radical (unpaired) electrons. The Morgan fingerprint density at radius 1 is 1.07 bits per heavy atom. The molecule has 0 spiro atoms. The summed E-state index contributed by atoms with van der Waals surface area (Å²) in [4.78, 5) is 14.6. The summed E-state index contributed by atoms with van der Waals surface area (Å²) in [6, 6.07) is 19.9. The molecule has 4 rings (SSSR count). The second-order valence-electron chi connectivity index (χ2n) is 6.64. The van der Waals surface area contributed by atoms with Gasteiger partial charge in [0, 0.05) is 25.2 Å². The van der Waals surface area contributed by atoms with Gasteiger partial charge in [-0.3, -0.25) is 9.69 Å². The Bertz CT molecular complexity index is 930. The molecule has 5 nitrogen and oxygen atoms in total. The predicted octanol–water partition coefficient (Wildman–Crippen LogP) is 3.60. The molecule has 1 amide bonds. The van der Waals surface area contributed by atoms with Crippen LogP contribution in [-0.2, 0) is 19.5 Å². The number of hydrogen-bond donors (Lipinski definition) is 1. The number of carbonyl (C=O) groups is 1. The number of hydrogen-bond acceptors (Lipinski definition) is 4. The van der Waals surface area contributed by atoms with Gasteiger partial charge in [-0.15, -0.1) is 0 Å². The van der Waals surface area contributed by atoms with Gasteiger partial charge in [0.1, 0.15) is 5.76 Å². The molecular weight excluding hydrogens is 338 g/mol. The van der Waals surface area contributed by atoms with Crippen LogP contribution in [0.25, 0.3) is 0 Å². The summed E-state index contributed by atoms with van der Waals surface area (Å²) >= 11 is 0. The van der Waals surface area contributed by atoms with Crippen LogP contribution in [-0.4, -0.2) is 23.6 Å². The topological polar surface area (TPSA) is 57.8 Å². The van der Waals surface area contributed by atoms with Crippen molar-refractivity contribution in [3.05, 3.63) is 94.9 Å². The first kappa shape index (κ1) is 17.2. The first-order chi connectivity index (χ1) is 13.3. The third-order valence-corrected chi connectivity index (χ3v) is 4.73. The molecule has 1 aromatic heterocycles. The number of rotatable bonds is 5. The van der Waals surface area contributed by atoms with Crippen LogP contribution in [0, 0.1) is 0 Å². The second kappa shape index (κ2) is 8.01. The maximum atomic E-state index is 12.1. The fraction of sp³-hybridized carbons (Fsp3) is 0.182. The molecule has 0 saturated carbocycles. The van der Waals surface area contributed by atoms with Crippen LogP contribution in [0.3, 0.4) is 0 Å². The molecule has 27 heavy (non-hydrogen) atoms. The Balaban J connectivity index is 1.33. The van der Waals surface area contributed by atoms with Gasteiger partial charge in [0.05, 0.1) is 12.5 Å². The number of benzene rings is 2. The third-order valence-electron chi connectivity index (χ3n) is 4.73. The SMILES string of the molecule is O=C(N/N=C\c1ccco1)c1ccc(CN2CCc3ccccc3C2)cc1. The van der Waals surface area contributed by atoms with Crippen molar-refractivity contribution in [2.45, 2.75) is 19.5 Å². The van der Waals surface area contributed by atoms with E-state index >= 15 is 0 Å². The standard InChI is InChI=1S/C22H21N3O2/c26-22(24-23-14-21-6-3-13-27-21)19-9-7-17(8-10-19)15-25-12-11-18-4-1-2-5-20(18)16-25/h1-10,13-14H,11-12,15-16H2,(H,24,26)/b23-14-. The van der Waals surface area contributed by atoms with Gasteiger partial charge < -0.3 is 4.42 Å². The van der Waals surface area contributed by atoms with Crippen LogP contribution in [0.15, 0.2) is 76.4 Å². The van der Waals surface area contributed by atoms with E-state index in [0.717, 1.165) is 26.1 Å². The van der Waals surface area contributed by atoms with E-state index in [4.69, 9.17) is 4.42 Å². The zero-order valence-electron chi connectivity index (χ0n) is 15.0. The van der Waals surface area contributed by atoms with Crippen LogP contribution < -0.4 is 5.43 Å². The van der Waals surface area contributed by atoms with Crippen LogP contribution in [0.5, 0.6) is 0 Å². The molecule has 0 atom stereocenters. The minimum absolute atomic E-state index is 0.240. The van der Waals surface area contributed by atoms with E-state index in [0.29, 0.717) is 11.3 Å². The Labute approximate surface area is 158 Å². The third kappa shape index (κ3) is 4.33. The van der Waals surface area contributed by atoms with Gasteiger partial charge in [-0.05, 0) is 47.4 Å². The molecule has 5 heteroatoms. The highest BCUT2D eigenvalue weighted by molar-refractivity contribution is 5.94. The normalized spacial score (nSPS) is 14.2. The van der Waals surface area contributed by atoms with Crippen molar-refractivity contribution in [1.29, 1.82) is 0 Å². The summed E-state index contributed by atoms with van der Waals surface area (Å²) in [5.74, 6) is 0.352. The van der Waals surface area contributed by atoms with E-state index in [-0.39, 0.29) is 5.91 Å². The fourth-order valence-corrected chi connectivity index (χ4v) is 3.29. The Hall–Kier alpha value is -3.18. The Morgan fingerprint density at radius 3 is 2.67 bits per heavy atom. The van der Waals surface area contributed by atoms with E-state index < -0.39 is 0 Å². The quantitative estimate of drug-likeness (QED) is 0.559. The minimum atomic E-state index is -0.240. The average Bonchev–Trinajstić information content (AvgIpc) is 3.22. The summed E-state index contributed by atoms with van der Waals surface area (Å²) in [7, 11) is 0. The van der Waals surface area contributed by atoms with Crippen molar-refractivity contribution in [1.82, 2.24) is 10.3 Å². The first-order valence-electron chi connectivity index (χ1n) is 9.03. The largest absolute Gasteiger partial charge is 0.463 e. The van der Waals surface area contributed by atoms with Crippen molar-refractivity contribution in [2.24, 2.45) is 5.10 Å². The van der Waals surface area contributed by atoms with E-state index in [1.807, 2.05) is 24.3 Å². The number of amides is 1. The lowest BCUT2D eigenvalue weighted by atomic mass is 9.99. The van der Waals surface area contributed by atoms with E-state index in [9.17, 15) is 4.79 Å². The molecule has 2 aromatic carbocycles. The van der Waals surface area contributed by atoms with Crippen molar-refractivity contribution in [3.8, 4) is 0 Å². The zero-order valence-corrected chi connectivity index (χ0v) is 15.0. The first-order valence-corrected chi connectivity index (χ1v) is 9.03. The van der Waals surface area contributed by atoms with Crippen LogP contribution in [0.4, 0.5) is 0 Å². The summed E-state index contributed by atoms with van der Waals surface area (Å²) in [5, 5.41) is 3.90. The highest BCUT2D eigenvalue weighted by Crippen LogP contribution is 2.20. The number of nitrogens with zero attached hydrogens (tertiary/aromatic N) is 2. The number of nitrogens with one attached hydrogen (secondary N) is 1. The van der Waals surface area contributed by atoms with E-state index in [1.165, 1.54) is 22.9 Å². The van der Waals surface area contributed by atoms with Crippen LogP contribution in [0.1, 0.15) is 32.8 Å². The molecule has 2 heterocycles. The van der Waals surface area contributed by atoms with Gasteiger partial charge in [0.2, 0.25) is 0 Å². The molecule has 0 fully saturated rings. The van der Waals surface area contributed by atoms with Gasteiger partial charge in [0.15, 0.2) is 0 Å². The monoisotopic (exact) mass is 359 g/mol.